The van der Waals surface area contributed by atoms with Crippen LogP contribution in [0.25, 0.3) is 0 Å². The van der Waals surface area contributed by atoms with Crippen molar-refractivity contribution in [2.45, 2.75) is 57.5 Å². The third-order valence-electron chi connectivity index (χ3n) is 5.54. The highest BCUT2D eigenvalue weighted by Gasteiger charge is 2.33. The summed E-state index contributed by atoms with van der Waals surface area (Å²) < 4.78 is 100. The predicted octanol–water partition coefficient (Wildman–Crippen LogP) is 7.28. The third-order valence-corrected chi connectivity index (χ3v) is 5.54. The van der Waals surface area contributed by atoms with Crippen LogP contribution < -0.4 is 4.74 Å². The van der Waals surface area contributed by atoms with E-state index in [1.807, 2.05) is 0 Å². The maximum absolute atomic E-state index is 14.4. The van der Waals surface area contributed by atoms with Crippen molar-refractivity contribution in [2.24, 2.45) is 5.92 Å². The second-order valence-corrected chi connectivity index (χ2v) is 7.86. The summed E-state index contributed by atoms with van der Waals surface area (Å²) in [6.07, 6.45) is -2.26. The number of alkyl halides is 2. The van der Waals surface area contributed by atoms with Crippen LogP contribution in [-0.4, -0.2) is 6.11 Å². The van der Waals surface area contributed by atoms with Crippen LogP contribution in [0.4, 0.5) is 30.7 Å². The second kappa shape index (κ2) is 8.86. The van der Waals surface area contributed by atoms with Crippen molar-refractivity contribution in [1.29, 1.82) is 0 Å². The summed E-state index contributed by atoms with van der Waals surface area (Å²) in [7, 11) is 0. The van der Waals surface area contributed by atoms with Gasteiger partial charge in [-0.2, -0.15) is 8.78 Å². The van der Waals surface area contributed by atoms with Crippen LogP contribution >= 0.6 is 0 Å². The highest BCUT2D eigenvalue weighted by Crippen LogP contribution is 2.37. The Morgan fingerprint density at radius 2 is 1.37 bits per heavy atom. The summed E-state index contributed by atoms with van der Waals surface area (Å²) >= 11 is 0. The minimum atomic E-state index is -3.98. The molecule has 1 aliphatic carbocycles. The molecule has 1 nitrogen and oxygen atoms in total. The molecule has 30 heavy (non-hydrogen) atoms. The predicted molar refractivity (Wildman–Crippen MR) is 96.9 cm³/mol. The fraction of sp³-hybridized carbons (Fsp3) is 0.455. The molecule has 3 rings (SSSR count). The van der Waals surface area contributed by atoms with Gasteiger partial charge in [0.25, 0.3) is 0 Å². The minimum absolute atomic E-state index is 0.0345. The largest absolute Gasteiger partial charge is 0.432 e. The van der Waals surface area contributed by atoms with E-state index in [1.54, 1.807) is 0 Å². The standard InChI is InChI=1S/C22H21F7O/c1-12-2-4-13(5-3-12)14-8-17(23)16(18(24)9-14)6-7-22(28,29)30-15-10-19(25)21(27)20(26)11-15/h8-13H,2-7H2,1H3. The molecule has 0 bridgehead atoms. The molecule has 1 saturated carbocycles. The Bertz CT molecular complexity index is 858. The lowest BCUT2D eigenvalue weighted by Gasteiger charge is -2.27. The average Bonchev–Trinajstić information content (AvgIpc) is 2.65. The van der Waals surface area contributed by atoms with Crippen LogP contribution in [0.5, 0.6) is 5.75 Å². The fourth-order valence-corrected chi connectivity index (χ4v) is 3.78. The summed E-state index contributed by atoms with van der Waals surface area (Å²) in [6, 6.07) is 2.91. The molecule has 2 aromatic rings. The van der Waals surface area contributed by atoms with E-state index in [0.717, 1.165) is 25.7 Å². The number of benzene rings is 2. The van der Waals surface area contributed by atoms with Crippen LogP contribution in [0.15, 0.2) is 24.3 Å². The molecule has 0 atom stereocenters. The van der Waals surface area contributed by atoms with Gasteiger partial charge in [0, 0.05) is 17.7 Å². The second-order valence-electron chi connectivity index (χ2n) is 7.86. The van der Waals surface area contributed by atoms with E-state index in [9.17, 15) is 30.7 Å². The SMILES string of the molecule is CC1CCC(c2cc(F)c(CCC(F)(F)Oc3cc(F)c(F)c(F)c3)c(F)c2)CC1. The van der Waals surface area contributed by atoms with Crippen LogP contribution in [0.3, 0.4) is 0 Å². The van der Waals surface area contributed by atoms with Crippen molar-refractivity contribution in [1.82, 2.24) is 0 Å². The normalized spacial score (nSPS) is 19.7. The summed E-state index contributed by atoms with van der Waals surface area (Å²) in [4.78, 5) is 0. The van der Waals surface area contributed by atoms with Crippen LogP contribution in [0.2, 0.25) is 0 Å². The van der Waals surface area contributed by atoms with Crippen LogP contribution in [-0.2, 0) is 6.42 Å². The van der Waals surface area contributed by atoms with E-state index in [0.29, 0.717) is 11.5 Å². The topological polar surface area (TPSA) is 9.23 Å². The molecular formula is C22H21F7O. The van der Waals surface area contributed by atoms with Crippen molar-refractivity contribution in [3.63, 3.8) is 0 Å². The number of rotatable bonds is 6. The monoisotopic (exact) mass is 434 g/mol. The van der Waals surface area contributed by atoms with E-state index in [1.165, 1.54) is 12.1 Å². The molecule has 0 spiro atoms. The highest BCUT2D eigenvalue weighted by molar-refractivity contribution is 5.29. The average molecular weight is 434 g/mol. The van der Waals surface area contributed by atoms with Gasteiger partial charge in [0.2, 0.25) is 0 Å². The summed E-state index contributed by atoms with van der Waals surface area (Å²) in [6.45, 7) is 2.12. The zero-order valence-corrected chi connectivity index (χ0v) is 16.3. The Balaban J connectivity index is 1.68. The Hall–Kier alpha value is -2.25. The van der Waals surface area contributed by atoms with E-state index in [4.69, 9.17) is 0 Å². The molecule has 0 heterocycles. The number of ether oxygens (including phenoxy) is 1. The lowest BCUT2D eigenvalue weighted by Crippen LogP contribution is -2.26. The lowest BCUT2D eigenvalue weighted by atomic mass is 9.79. The van der Waals surface area contributed by atoms with Crippen molar-refractivity contribution in [3.05, 3.63) is 64.5 Å². The molecule has 0 amide bonds. The van der Waals surface area contributed by atoms with E-state index in [-0.39, 0.29) is 18.1 Å². The number of hydrogen-bond donors (Lipinski definition) is 0. The fourth-order valence-electron chi connectivity index (χ4n) is 3.78. The maximum Gasteiger partial charge on any atom is 0.398 e. The van der Waals surface area contributed by atoms with E-state index >= 15 is 0 Å². The van der Waals surface area contributed by atoms with Gasteiger partial charge >= 0.3 is 6.11 Å². The molecule has 1 fully saturated rings. The zero-order valence-electron chi connectivity index (χ0n) is 16.3. The molecule has 0 unspecified atom stereocenters. The first-order valence-electron chi connectivity index (χ1n) is 9.75. The van der Waals surface area contributed by atoms with Gasteiger partial charge in [0.05, 0.1) is 6.42 Å². The molecule has 2 aromatic carbocycles. The smallest absolute Gasteiger partial charge is 0.398 e. The molecule has 0 N–H and O–H groups in total. The van der Waals surface area contributed by atoms with Crippen molar-refractivity contribution >= 4 is 0 Å². The maximum atomic E-state index is 14.4. The van der Waals surface area contributed by atoms with Gasteiger partial charge in [-0.05, 0) is 48.8 Å². The first-order chi connectivity index (χ1) is 14.1. The van der Waals surface area contributed by atoms with Gasteiger partial charge in [-0.15, -0.1) is 0 Å². The summed E-state index contributed by atoms with van der Waals surface area (Å²) in [5.41, 5.74) is 0.00333. The van der Waals surface area contributed by atoms with E-state index in [2.05, 4.69) is 11.7 Å². The number of hydrogen-bond acceptors (Lipinski definition) is 1. The lowest BCUT2D eigenvalue weighted by molar-refractivity contribution is -0.180. The quantitative estimate of drug-likeness (QED) is 0.343. The Morgan fingerprint density at radius 1 is 0.833 bits per heavy atom. The molecule has 164 valence electrons. The van der Waals surface area contributed by atoms with Crippen LogP contribution in [0.1, 0.15) is 56.1 Å². The van der Waals surface area contributed by atoms with Gasteiger partial charge in [-0.25, -0.2) is 22.0 Å². The zero-order chi connectivity index (χ0) is 22.1. The van der Waals surface area contributed by atoms with Crippen molar-refractivity contribution in [2.75, 3.05) is 0 Å². The van der Waals surface area contributed by atoms with Crippen molar-refractivity contribution < 1.29 is 35.5 Å². The summed E-state index contributed by atoms with van der Waals surface area (Å²) in [5.74, 6) is -7.36. The van der Waals surface area contributed by atoms with Gasteiger partial charge in [0.15, 0.2) is 17.5 Å². The molecule has 0 saturated heterocycles. The first kappa shape index (κ1) is 22.4. The Morgan fingerprint density at radius 3 is 1.90 bits per heavy atom. The molecule has 0 radical (unpaired) electrons. The third kappa shape index (κ3) is 5.26. The van der Waals surface area contributed by atoms with Gasteiger partial charge in [0.1, 0.15) is 17.4 Å². The molecule has 0 aromatic heterocycles. The van der Waals surface area contributed by atoms with Gasteiger partial charge < -0.3 is 4.74 Å². The molecular weight excluding hydrogens is 413 g/mol. The summed E-state index contributed by atoms with van der Waals surface area (Å²) in [5, 5.41) is 0. The highest BCUT2D eigenvalue weighted by atomic mass is 19.3. The molecule has 0 aliphatic heterocycles. The van der Waals surface area contributed by atoms with Crippen LogP contribution in [0, 0.1) is 35.0 Å². The molecule has 1 aliphatic rings. The van der Waals surface area contributed by atoms with Crippen molar-refractivity contribution in [3.8, 4) is 5.75 Å². The Labute approximate surface area is 169 Å². The number of halogens is 7. The van der Waals surface area contributed by atoms with E-state index < -0.39 is 59.3 Å². The van der Waals surface area contributed by atoms with Gasteiger partial charge in [-0.3, -0.25) is 0 Å². The Kier molecular flexibility index (Phi) is 6.62. The molecule has 8 heteroatoms. The van der Waals surface area contributed by atoms with Gasteiger partial charge in [-0.1, -0.05) is 19.8 Å². The minimum Gasteiger partial charge on any atom is -0.432 e. The first-order valence-corrected chi connectivity index (χ1v) is 9.75.